The quantitative estimate of drug-likeness (QED) is 0.605. The van der Waals surface area contributed by atoms with Gasteiger partial charge in [0, 0.05) is 0 Å². The second kappa shape index (κ2) is 4.80. The zero-order valence-electron chi connectivity index (χ0n) is 7.69. The fourth-order valence-corrected chi connectivity index (χ4v) is 1.54. The Morgan fingerprint density at radius 1 is 1.38 bits per heavy atom. The summed E-state index contributed by atoms with van der Waals surface area (Å²) in [4.78, 5) is 0. The Kier molecular flexibility index (Phi) is 4.07. The van der Waals surface area contributed by atoms with Gasteiger partial charge in [0.2, 0.25) is 0 Å². The van der Waals surface area contributed by atoms with Gasteiger partial charge in [-0.3, -0.25) is 0 Å². The van der Waals surface area contributed by atoms with Crippen molar-refractivity contribution in [1.29, 1.82) is 0 Å². The van der Waals surface area contributed by atoms with Crippen LogP contribution in [-0.2, 0) is 10.1 Å². The molecule has 0 heterocycles. The van der Waals surface area contributed by atoms with E-state index in [2.05, 4.69) is 4.74 Å². The first kappa shape index (κ1) is 13.6. The van der Waals surface area contributed by atoms with Crippen LogP contribution in [0.5, 0.6) is 5.75 Å². The summed E-state index contributed by atoms with van der Waals surface area (Å²) in [7, 11) is -5.70. The van der Waals surface area contributed by atoms with Crippen LogP contribution in [0.3, 0.4) is 0 Å². The van der Waals surface area contributed by atoms with Gasteiger partial charge in [-0.25, -0.2) is 8.42 Å². The lowest BCUT2D eigenvalue weighted by Crippen LogP contribution is -2.35. The molecule has 4 nitrogen and oxygen atoms in total. The van der Waals surface area contributed by atoms with Crippen molar-refractivity contribution in [2.24, 2.45) is 0 Å². The average Bonchev–Trinajstić information content (AvgIpc) is 2.15. The molecule has 0 N–H and O–H groups in total. The van der Waals surface area contributed by atoms with Crippen molar-refractivity contribution in [2.45, 2.75) is 5.25 Å². The molecule has 8 heteroatoms. The maximum absolute atomic E-state index is 12.7. The van der Waals surface area contributed by atoms with E-state index in [0.717, 1.165) is 0 Å². The lowest BCUT2D eigenvalue weighted by atomic mass is 10.3. The first-order valence-electron chi connectivity index (χ1n) is 3.94. The van der Waals surface area contributed by atoms with Crippen molar-refractivity contribution in [2.75, 3.05) is 6.61 Å². The summed E-state index contributed by atoms with van der Waals surface area (Å²) in [5.41, 5.74) is 0. The number of ether oxygens (including phenoxy) is 1. The molecule has 16 heavy (non-hydrogen) atoms. The molecule has 0 saturated heterocycles. The minimum absolute atomic E-state index is 0.103. The number of alkyl halides is 2. The average molecular weight is 363 g/mol. The third-order valence-corrected chi connectivity index (χ3v) is 3.34. The van der Waals surface area contributed by atoms with Gasteiger partial charge < -0.3 is 9.29 Å². The van der Waals surface area contributed by atoms with E-state index in [1.807, 2.05) is 22.6 Å². The minimum atomic E-state index is -5.70. The van der Waals surface area contributed by atoms with Crippen LogP contribution in [0, 0.1) is 3.57 Å². The highest BCUT2D eigenvalue weighted by Gasteiger charge is 2.38. The molecule has 90 valence electrons. The Morgan fingerprint density at radius 3 is 2.44 bits per heavy atom. The molecular formula is C8H6F2IO4S-. The van der Waals surface area contributed by atoms with Crippen molar-refractivity contribution >= 4 is 32.7 Å². The van der Waals surface area contributed by atoms with Gasteiger partial charge in [0.1, 0.15) is 5.75 Å². The molecule has 0 radical (unpaired) electrons. The lowest BCUT2D eigenvalue weighted by molar-refractivity contribution is 0.0276. The van der Waals surface area contributed by atoms with Crippen LogP contribution in [-0.4, -0.2) is 24.8 Å². The van der Waals surface area contributed by atoms with E-state index in [1.165, 1.54) is 6.07 Å². The monoisotopic (exact) mass is 363 g/mol. The number of para-hydroxylation sites is 1. The molecule has 0 aliphatic heterocycles. The highest BCUT2D eigenvalue weighted by molar-refractivity contribution is 14.1. The molecule has 0 aromatic heterocycles. The topological polar surface area (TPSA) is 66.4 Å². The van der Waals surface area contributed by atoms with Gasteiger partial charge in [-0.2, -0.15) is 8.78 Å². The number of halogens is 3. The molecule has 0 fully saturated rings. The van der Waals surface area contributed by atoms with Gasteiger partial charge in [-0.1, -0.05) is 12.1 Å². The third kappa shape index (κ3) is 3.25. The van der Waals surface area contributed by atoms with Gasteiger partial charge in [-0.15, -0.1) is 0 Å². The third-order valence-electron chi connectivity index (χ3n) is 1.60. The first-order chi connectivity index (χ1) is 7.24. The van der Waals surface area contributed by atoms with Crippen LogP contribution in [0.1, 0.15) is 0 Å². The van der Waals surface area contributed by atoms with E-state index in [9.17, 15) is 21.8 Å². The van der Waals surface area contributed by atoms with Crippen molar-refractivity contribution in [1.82, 2.24) is 0 Å². The maximum atomic E-state index is 12.7. The Hall–Kier alpha value is -0.480. The number of hydrogen-bond donors (Lipinski definition) is 0. The summed E-state index contributed by atoms with van der Waals surface area (Å²) in [5.74, 6) is 0.103. The molecule has 0 unspecified atom stereocenters. The van der Waals surface area contributed by atoms with Gasteiger partial charge >= 0.3 is 5.25 Å². The summed E-state index contributed by atoms with van der Waals surface area (Å²) < 4.78 is 61.1. The van der Waals surface area contributed by atoms with E-state index < -0.39 is 22.0 Å². The predicted octanol–water partition coefficient (Wildman–Crippen LogP) is 1.81. The zero-order valence-corrected chi connectivity index (χ0v) is 10.7. The van der Waals surface area contributed by atoms with Crippen LogP contribution in [0.15, 0.2) is 24.3 Å². The maximum Gasteiger partial charge on any atom is 0.367 e. The molecule has 0 saturated carbocycles. The van der Waals surface area contributed by atoms with Gasteiger partial charge in [-0.05, 0) is 34.7 Å². The fraction of sp³-hybridized carbons (Fsp3) is 0.250. The van der Waals surface area contributed by atoms with Crippen LogP contribution in [0.2, 0.25) is 0 Å². The Labute approximate surface area is 104 Å². The molecule has 0 spiro atoms. The van der Waals surface area contributed by atoms with E-state index in [1.54, 1.807) is 18.2 Å². The van der Waals surface area contributed by atoms with E-state index in [4.69, 9.17) is 0 Å². The Balaban J connectivity index is 2.77. The normalized spacial score (nSPS) is 12.5. The number of hydrogen-bond acceptors (Lipinski definition) is 4. The second-order valence-electron chi connectivity index (χ2n) is 2.81. The summed E-state index contributed by atoms with van der Waals surface area (Å²) in [5, 5.41) is -4.42. The molecule has 0 aliphatic carbocycles. The standard InChI is InChI=1S/C8H7F2IO4S/c9-8(10,16(12,13)14)5-15-7-4-2-1-3-6(7)11/h1-4H,5H2,(H,12,13,14)/p-1. The molecule has 0 aliphatic rings. The molecule has 0 atom stereocenters. The molecule has 1 aromatic rings. The van der Waals surface area contributed by atoms with Crippen molar-refractivity contribution in [3.05, 3.63) is 27.8 Å². The van der Waals surface area contributed by atoms with Gasteiger partial charge in [0.15, 0.2) is 16.7 Å². The largest absolute Gasteiger partial charge is 0.743 e. The summed E-state index contributed by atoms with van der Waals surface area (Å²) in [6.45, 7) is -1.49. The van der Waals surface area contributed by atoms with E-state index in [0.29, 0.717) is 3.57 Å². The van der Waals surface area contributed by atoms with E-state index in [-0.39, 0.29) is 5.75 Å². The fourth-order valence-electron chi connectivity index (χ4n) is 0.796. The predicted molar refractivity (Wildman–Crippen MR) is 59.3 cm³/mol. The highest BCUT2D eigenvalue weighted by atomic mass is 127. The molecular weight excluding hydrogens is 357 g/mol. The van der Waals surface area contributed by atoms with Crippen LogP contribution in [0.25, 0.3) is 0 Å². The number of rotatable bonds is 4. The minimum Gasteiger partial charge on any atom is -0.743 e. The van der Waals surface area contributed by atoms with E-state index >= 15 is 0 Å². The van der Waals surface area contributed by atoms with Crippen molar-refractivity contribution < 1.29 is 26.5 Å². The molecule has 0 bridgehead atoms. The van der Waals surface area contributed by atoms with Crippen LogP contribution < -0.4 is 4.74 Å². The first-order valence-corrected chi connectivity index (χ1v) is 6.43. The second-order valence-corrected chi connectivity index (χ2v) is 5.48. The Morgan fingerprint density at radius 2 is 1.94 bits per heavy atom. The van der Waals surface area contributed by atoms with Gasteiger partial charge in [0.05, 0.1) is 3.57 Å². The van der Waals surface area contributed by atoms with Crippen molar-refractivity contribution in [3.63, 3.8) is 0 Å². The lowest BCUT2D eigenvalue weighted by Gasteiger charge is -2.20. The van der Waals surface area contributed by atoms with Crippen LogP contribution >= 0.6 is 22.6 Å². The molecule has 0 amide bonds. The van der Waals surface area contributed by atoms with Gasteiger partial charge in [0.25, 0.3) is 0 Å². The smallest absolute Gasteiger partial charge is 0.367 e. The molecule has 1 aromatic carbocycles. The molecule has 1 rings (SSSR count). The summed E-state index contributed by atoms with van der Waals surface area (Å²) in [6.07, 6.45) is 0. The Bertz CT molecular complexity index is 475. The van der Waals surface area contributed by atoms with Crippen LogP contribution in [0.4, 0.5) is 8.78 Å². The number of benzene rings is 1. The van der Waals surface area contributed by atoms with Crippen molar-refractivity contribution in [3.8, 4) is 5.75 Å². The summed E-state index contributed by atoms with van der Waals surface area (Å²) in [6, 6.07) is 6.20. The zero-order chi connectivity index (χ0) is 12.4. The highest BCUT2D eigenvalue weighted by Crippen LogP contribution is 2.25. The SMILES string of the molecule is O=S(=O)([O-])C(F)(F)COc1ccccc1I. The summed E-state index contributed by atoms with van der Waals surface area (Å²) >= 11 is 1.84.